The Kier molecular flexibility index (Phi) is 3.75. The third kappa shape index (κ3) is 2.83. The van der Waals surface area contributed by atoms with Gasteiger partial charge in [0.2, 0.25) is 0 Å². The van der Waals surface area contributed by atoms with Crippen molar-refractivity contribution in [3.05, 3.63) is 38.5 Å². The third-order valence-corrected chi connectivity index (χ3v) is 3.33. The average molecular weight is 254 g/mol. The summed E-state index contributed by atoms with van der Waals surface area (Å²) in [5.41, 5.74) is 0.314. The van der Waals surface area contributed by atoms with Gasteiger partial charge in [0.15, 0.2) is 6.04 Å². The second-order valence-electron chi connectivity index (χ2n) is 4.07. The van der Waals surface area contributed by atoms with E-state index in [1.165, 1.54) is 4.88 Å². The number of thiophene rings is 1. The van der Waals surface area contributed by atoms with E-state index in [9.17, 15) is 4.79 Å². The molecule has 0 amide bonds. The van der Waals surface area contributed by atoms with Crippen molar-refractivity contribution >= 4 is 11.3 Å². The molecule has 0 aliphatic heterocycles. The fourth-order valence-electron chi connectivity index (χ4n) is 1.59. The van der Waals surface area contributed by atoms with Crippen LogP contribution in [0.3, 0.4) is 0 Å². The van der Waals surface area contributed by atoms with Crippen molar-refractivity contribution in [2.75, 3.05) is 0 Å². The Labute approximate surface area is 103 Å². The summed E-state index contributed by atoms with van der Waals surface area (Å²) in [6, 6.07) is 4.26. The van der Waals surface area contributed by atoms with Gasteiger partial charge in [0.05, 0.1) is 6.54 Å². The molecule has 0 fully saturated rings. The van der Waals surface area contributed by atoms with E-state index in [0.29, 0.717) is 12.2 Å². The molecule has 2 N–H and O–H groups in total. The first-order chi connectivity index (χ1) is 8.18. The number of hydrogen-bond acceptors (Lipinski definition) is 4. The lowest BCUT2D eigenvalue weighted by atomic mass is 10.3. The van der Waals surface area contributed by atoms with Gasteiger partial charge in [0.25, 0.3) is 0 Å². The quantitative estimate of drug-likeness (QED) is 0.788. The van der Waals surface area contributed by atoms with Gasteiger partial charge in [0.1, 0.15) is 0 Å². The molecule has 2 heterocycles. The molecule has 0 aromatic carbocycles. The molecule has 2 aromatic rings. The Morgan fingerprint density at radius 1 is 1.53 bits per heavy atom. The van der Waals surface area contributed by atoms with Crippen LogP contribution in [0.1, 0.15) is 30.5 Å². The van der Waals surface area contributed by atoms with Gasteiger partial charge in [-0.15, -0.1) is 11.3 Å². The van der Waals surface area contributed by atoms with Crippen LogP contribution in [0, 0.1) is 0 Å². The smallest absolute Gasteiger partial charge is 0.302 e. The molecular formula is C11H16N3O2S+. The minimum absolute atomic E-state index is 0.181. The van der Waals surface area contributed by atoms with Crippen molar-refractivity contribution in [3.8, 4) is 0 Å². The molecule has 2 rings (SSSR count). The molecule has 0 saturated heterocycles. The maximum absolute atomic E-state index is 11.5. The Morgan fingerprint density at radius 3 is 3.00 bits per heavy atom. The highest BCUT2D eigenvalue weighted by Gasteiger charge is 2.22. The Hall–Kier alpha value is -1.40. The highest BCUT2D eigenvalue weighted by atomic mass is 32.1. The number of rotatable bonds is 5. The summed E-state index contributed by atoms with van der Waals surface area (Å²) in [7, 11) is 0. The van der Waals surface area contributed by atoms with Crippen LogP contribution < -0.4 is 15.6 Å². The lowest BCUT2D eigenvalue weighted by Crippen LogP contribution is -2.44. The first kappa shape index (κ1) is 12.1. The maximum atomic E-state index is 11.5. The van der Waals surface area contributed by atoms with Gasteiger partial charge in [0, 0.05) is 11.4 Å². The van der Waals surface area contributed by atoms with Crippen LogP contribution in [0.4, 0.5) is 0 Å². The van der Waals surface area contributed by atoms with E-state index in [2.05, 4.69) is 16.7 Å². The molecular weight excluding hydrogens is 238 g/mol. The summed E-state index contributed by atoms with van der Waals surface area (Å²) in [6.45, 7) is 5.25. The summed E-state index contributed by atoms with van der Waals surface area (Å²) in [4.78, 5) is 12.7. The summed E-state index contributed by atoms with van der Waals surface area (Å²) >= 11 is 1.70. The third-order valence-electron chi connectivity index (χ3n) is 2.45. The zero-order chi connectivity index (χ0) is 12.3. The average Bonchev–Trinajstić information content (AvgIpc) is 2.89. The summed E-state index contributed by atoms with van der Waals surface area (Å²) in [6.07, 6.45) is 0. The lowest BCUT2D eigenvalue weighted by molar-refractivity contribution is -0.785. The van der Waals surface area contributed by atoms with Crippen LogP contribution in [0.15, 0.2) is 26.8 Å². The Bertz CT molecular complexity index is 513. The topological polar surface area (TPSA) is 61.9 Å². The molecule has 92 valence electrons. The zero-order valence-electron chi connectivity index (χ0n) is 9.90. The minimum atomic E-state index is -0.308. The van der Waals surface area contributed by atoms with Crippen LogP contribution in [-0.2, 0) is 13.1 Å². The molecule has 6 heteroatoms. The summed E-state index contributed by atoms with van der Waals surface area (Å²) < 4.78 is 6.53. The van der Waals surface area contributed by atoms with Crippen LogP contribution in [0.2, 0.25) is 0 Å². The fourth-order valence-corrected chi connectivity index (χ4v) is 2.27. The van der Waals surface area contributed by atoms with Crippen molar-refractivity contribution in [1.29, 1.82) is 0 Å². The number of nitrogens with one attached hydrogen (secondary N) is 2. The predicted octanol–water partition coefficient (Wildman–Crippen LogP) is 1.19. The molecule has 0 radical (unpaired) electrons. The van der Waals surface area contributed by atoms with Gasteiger partial charge in [-0.05, 0) is 30.6 Å². The van der Waals surface area contributed by atoms with Crippen molar-refractivity contribution < 1.29 is 9.20 Å². The number of H-pyrrole nitrogens is 1. The van der Waals surface area contributed by atoms with Crippen LogP contribution in [0.5, 0.6) is 0 Å². The fraction of sp³-hybridized carbons (Fsp3) is 0.455. The number of aromatic amines is 1. The van der Waals surface area contributed by atoms with Gasteiger partial charge in [-0.2, -0.15) is 0 Å². The molecule has 0 atom stereocenters. The lowest BCUT2D eigenvalue weighted by Gasteiger charge is -1.99. The van der Waals surface area contributed by atoms with Gasteiger partial charge in [-0.1, -0.05) is 10.7 Å². The molecule has 0 aliphatic carbocycles. The van der Waals surface area contributed by atoms with Gasteiger partial charge >= 0.3 is 11.3 Å². The molecule has 0 bridgehead atoms. The molecule has 2 aromatic heterocycles. The molecule has 5 nitrogen and oxygen atoms in total. The largest absolute Gasteiger partial charge is 0.431 e. The van der Waals surface area contributed by atoms with Crippen molar-refractivity contribution in [3.63, 3.8) is 0 Å². The molecule has 17 heavy (non-hydrogen) atoms. The zero-order valence-corrected chi connectivity index (χ0v) is 10.7. The van der Waals surface area contributed by atoms with Gasteiger partial charge < -0.3 is 5.32 Å². The molecule has 0 spiro atoms. The first-order valence-corrected chi connectivity index (χ1v) is 6.41. The Balaban J connectivity index is 1.99. The number of aromatic nitrogens is 2. The van der Waals surface area contributed by atoms with Gasteiger partial charge in [-0.3, -0.25) is 4.52 Å². The van der Waals surface area contributed by atoms with Crippen molar-refractivity contribution in [2.24, 2.45) is 0 Å². The highest BCUT2D eigenvalue weighted by molar-refractivity contribution is 7.09. The SMILES string of the molecule is CC(C)[n+]1[nH]oc(=O)c1CNCc1cccs1. The second kappa shape index (κ2) is 5.29. The Morgan fingerprint density at radius 2 is 2.35 bits per heavy atom. The van der Waals surface area contributed by atoms with E-state index in [1.807, 2.05) is 25.3 Å². The van der Waals surface area contributed by atoms with E-state index in [-0.39, 0.29) is 11.7 Å². The molecule has 0 aliphatic rings. The van der Waals surface area contributed by atoms with Crippen molar-refractivity contribution in [1.82, 2.24) is 10.6 Å². The van der Waals surface area contributed by atoms with Crippen molar-refractivity contribution in [2.45, 2.75) is 33.0 Å². The van der Waals surface area contributed by atoms with E-state index >= 15 is 0 Å². The highest BCUT2D eigenvalue weighted by Crippen LogP contribution is 2.07. The van der Waals surface area contributed by atoms with Crippen LogP contribution >= 0.6 is 11.3 Å². The first-order valence-electron chi connectivity index (χ1n) is 5.53. The molecule has 0 unspecified atom stereocenters. The summed E-state index contributed by atoms with van der Waals surface area (Å²) in [5.74, 6) is 0. The minimum Gasteiger partial charge on any atom is -0.302 e. The number of nitrogens with zero attached hydrogens (tertiary/aromatic N) is 1. The van der Waals surface area contributed by atoms with Crippen LogP contribution in [0.25, 0.3) is 0 Å². The number of hydrogen-bond donors (Lipinski definition) is 2. The summed E-state index contributed by atoms with van der Waals surface area (Å²) in [5, 5.41) is 7.88. The predicted molar refractivity (Wildman–Crippen MR) is 64.8 cm³/mol. The maximum Gasteiger partial charge on any atom is 0.431 e. The van der Waals surface area contributed by atoms with E-state index in [4.69, 9.17) is 4.52 Å². The van der Waals surface area contributed by atoms with Crippen LogP contribution in [-0.4, -0.2) is 5.27 Å². The van der Waals surface area contributed by atoms with E-state index < -0.39 is 0 Å². The second-order valence-corrected chi connectivity index (χ2v) is 5.11. The normalized spacial score (nSPS) is 11.2. The molecule has 0 saturated carbocycles. The monoisotopic (exact) mass is 254 g/mol. The van der Waals surface area contributed by atoms with Gasteiger partial charge in [-0.25, -0.2) is 4.79 Å². The van der Waals surface area contributed by atoms with E-state index in [1.54, 1.807) is 16.0 Å². The van der Waals surface area contributed by atoms with E-state index in [0.717, 1.165) is 6.54 Å². The standard InChI is InChI=1S/C11H15N3O2S/c1-8(2)14-10(11(15)16-13-14)7-12-6-9-4-3-5-17-9/h3-5,8,12H,6-7H2,1-2H3/p+1.